The van der Waals surface area contributed by atoms with Crippen LogP contribution in [-0.4, -0.2) is 30.4 Å². The lowest BCUT2D eigenvalue weighted by Crippen LogP contribution is -2.11. The number of nitrogens with one attached hydrogen (secondary N) is 2. The minimum absolute atomic E-state index is 0.343. The molecule has 0 saturated carbocycles. The number of hydrogen-bond donors (Lipinski definition) is 2. The third-order valence-electron chi connectivity index (χ3n) is 3.56. The molecule has 0 spiro atoms. The summed E-state index contributed by atoms with van der Waals surface area (Å²) in [4.78, 5) is 0. The van der Waals surface area contributed by atoms with Gasteiger partial charge in [0.15, 0.2) is 0 Å². The van der Waals surface area contributed by atoms with Gasteiger partial charge in [-0.15, -0.1) is 0 Å². The highest BCUT2D eigenvalue weighted by Gasteiger charge is 2.13. The van der Waals surface area contributed by atoms with Crippen LogP contribution in [0.5, 0.6) is 5.75 Å². The van der Waals surface area contributed by atoms with Crippen LogP contribution in [0.2, 0.25) is 0 Å². The quantitative estimate of drug-likeness (QED) is 0.635. The van der Waals surface area contributed by atoms with Crippen LogP contribution in [0.1, 0.15) is 6.42 Å². The van der Waals surface area contributed by atoms with Gasteiger partial charge in [0.25, 0.3) is 0 Å². The van der Waals surface area contributed by atoms with Crippen LogP contribution in [0.4, 0.5) is 4.39 Å². The zero-order chi connectivity index (χ0) is 16.2. The molecule has 6 heteroatoms. The number of hydrogen-bond acceptors (Lipinski definition) is 3. The molecule has 1 heterocycles. The van der Waals surface area contributed by atoms with Gasteiger partial charge in [-0.3, -0.25) is 5.10 Å². The lowest BCUT2D eigenvalue weighted by molar-refractivity contribution is 0.308. The van der Waals surface area contributed by atoms with Crippen molar-refractivity contribution >= 4 is 26.8 Å². The van der Waals surface area contributed by atoms with Crippen LogP contribution in [0.25, 0.3) is 22.2 Å². The third-order valence-corrected chi connectivity index (χ3v) is 4.05. The van der Waals surface area contributed by atoms with E-state index in [9.17, 15) is 4.39 Å². The Morgan fingerprint density at radius 1 is 1.26 bits per heavy atom. The lowest BCUT2D eigenvalue weighted by Gasteiger charge is -2.08. The van der Waals surface area contributed by atoms with E-state index in [-0.39, 0.29) is 5.82 Å². The summed E-state index contributed by atoms with van der Waals surface area (Å²) in [6.07, 6.45) is 0.873. The highest BCUT2D eigenvalue weighted by atomic mass is 79.9. The van der Waals surface area contributed by atoms with E-state index >= 15 is 0 Å². The van der Waals surface area contributed by atoms with Gasteiger partial charge in [-0.1, -0.05) is 15.9 Å². The Morgan fingerprint density at radius 2 is 2.13 bits per heavy atom. The molecule has 0 bridgehead atoms. The maximum absolute atomic E-state index is 14.5. The van der Waals surface area contributed by atoms with E-state index in [1.807, 2.05) is 25.2 Å². The second-order valence-corrected chi connectivity index (χ2v) is 6.13. The molecule has 0 radical (unpaired) electrons. The molecule has 3 aromatic rings. The Kier molecular flexibility index (Phi) is 4.93. The molecule has 0 saturated heterocycles. The first-order valence-corrected chi connectivity index (χ1v) is 8.19. The molecule has 0 amide bonds. The largest absolute Gasteiger partial charge is 0.493 e. The molecule has 2 aromatic carbocycles. The average molecular weight is 378 g/mol. The number of halogens is 2. The molecule has 23 heavy (non-hydrogen) atoms. The van der Waals surface area contributed by atoms with Crippen molar-refractivity contribution in [2.75, 3.05) is 20.2 Å². The summed E-state index contributed by atoms with van der Waals surface area (Å²) in [6.45, 7) is 1.42. The minimum Gasteiger partial charge on any atom is -0.493 e. The molecule has 2 N–H and O–H groups in total. The topological polar surface area (TPSA) is 49.9 Å². The van der Waals surface area contributed by atoms with Gasteiger partial charge in [0.05, 0.1) is 12.1 Å². The molecule has 0 atom stereocenters. The van der Waals surface area contributed by atoms with E-state index in [1.165, 1.54) is 6.07 Å². The van der Waals surface area contributed by atoms with E-state index in [1.54, 1.807) is 12.1 Å². The van der Waals surface area contributed by atoms with Crippen molar-refractivity contribution in [1.82, 2.24) is 15.5 Å². The summed E-state index contributed by atoms with van der Waals surface area (Å²) >= 11 is 3.43. The van der Waals surface area contributed by atoms with Crippen LogP contribution >= 0.6 is 15.9 Å². The Morgan fingerprint density at radius 3 is 2.91 bits per heavy atom. The zero-order valence-corrected chi connectivity index (χ0v) is 14.3. The molecule has 4 nitrogen and oxygen atoms in total. The average Bonchev–Trinajstić information content (AvgIpc) is 2.94. The summed E-state index contributed by atoms with van der Waals surface area (Å²) in [7, 11) is 1.89. The first-order chi connectivity index (χ1) is 11.2. The molecular weight excluding hydrogens is 361 g/mol. The van der Waals surface area contributed by atoms with Crippen LogP contribution < -0.4 is 10.1 Å². The van der Waals surface area contributed by atoms with E-state index < -0.39 is 0 Å². The van der Waals surface area contributed by atoms with Gasteiger partial charge in [-0.25, -0.2) is 4.39 Å². The van der Waals surface area contributed by atoms with Crippen molar-refractivity contribution in [1.29, 1.82) is 0 Å². The number of fused-ring (bicyclic) bond motifs is 1. The number of H-pyrrole nitrogens is 1. The van der Waals surface area contributed by atoms with E-state index in [2.05, 4.69) is 31.4 Å². The Hall–Kier alpha value is -1.92. The molecule has 3 rings (SSSR count). The number of nitrogens with zero attached hydrogens (tertiary/aromatic N) is 1. The van der Waals surface area contributed by atoms with Gasteiger partial charge in [0.1, 0.15) is 17.3 Å². The third kappa shape index (κ3) is 3.54. The molecule has 0 aliphatic rings. The summed E-state index contributed by atoms with van der Waals surface area (Å²) in [5, 5.41) is 11.1. The van der Waals surface area contributed by atoms with Gasteiger partial charge in [-0.05, 0) is 50.3 Å². The highest BCUT2D eigenvalue weighted by molar-refractivity contribution is 9.10. The lowest BCUT2D eigenvalue weighted by atomic mass is 10.1. The van der Waals surface area contributed by atoms with Crippen LogP contribution in [0.15, 0.2) is 40.9 Å². The normalized spacial score (nSPS) is 11.1. The predicted molar refractivity (Wildman–Crippen MR) is 93.2 cm³/mol. The number of aromatic nitrogens is 2. The van der Waals surface area contributed by atoms with Crippen LogP contribution in [0, 0.1) is 5.82 Å². The standard InChI is InChI=1S/C17H17BrFN3O/c1-20-7-2-8-23-12-4-5-13(15(19)10-12)17-14-9-11(18)3-6-16(14)21-22-17/h3-6,9-10,20H,2,7-8H2,1H3,(H,21,22). The van der Waals surface area contributed by atoms with E-state index in [0.29, 0.717) is 23.6 Å². The molecule has 0 unspecified atom stereocenters. The fraction of sp³-hybridized carbons (Fsp3) is 0.235. The highest BCUT2D eigenvalue weighted by Crippen LogP contribution is 2.31. The first-order valence-electron chi connectivity index (χ1n) is 7.40. The van der Waals surface area contributed by atoms with Crippen molar-refractivity contribution in [3.8, 4) is 17.0 Å². The maximum Gasteiger partial charge on any atom is 0.136 e. The fourth-order valence-corrected chi connectivity index (χ4v) is 2.77. The molecule has 120 valence electrons. The number of aromatic amines is 1. The summed E-state index contributed by atoms with van der Waals surface area (Å²) < 4.78 is 20.9. The number of rotatable bonds is 6. The summed E-state index contributed by atoms with van der Waals surface area (Å²) in [5.74, 6) is 0.188. The van der Waals surface area contributed by atoms with Crippen molar-refractivity contribution in [3.05, 3.63) is 46.7 Å². The van der Waals surface area contributed by atoms with Crippen molar-refractivity contribution in [3.63, 3.8) is 0 Å². The summed E-state index contributed by atoms with van der Waals surface area (Å²) in [6, 6.07) is 10.6. The SMILES string of the molecule is CNCCCOc1ccc(-c2n[nH]c3ccc(Br)cc23)c(F)c1. The molecule has 1 aromatic heterocycles. The van der Waals surface area contributed by atoms with Gasteiger partial charge in [-0.2, -0.15) is 5.10 Å². The molecule has 0 aliphatic carbocycles. The Balaban J connectivity index is 1.86. The maximum atomic E-state index is 14.5. The molecular formula is C17H17BrFN3O. The van der Waals surface area contributed by atoms with Gasteiger partial charge < -0.3 is 10.1 Å². The second-order valence-electron chi connectivity index (χ2n) is 5.21. The number of ether oxygens (including phenoxy) is 1. The monoisotopic (exact) mass is 377 g/mol. The van der Waals surface area contributed by atoms with Crippen molar-refractivity contribution < 1.29 is 9.13 Å². The van der Waals surface area contributed by atoms with E-state index in [0.717, 1.165) is 28.3 Å². The van der Waals surface area contributed by atoms with E-state index in [4.69, 9.17) is 4.74 Å². The second kappa shape index (κ2) is 7.10. The minimum atomic E-state index is -0.343. The molecule has 0 aliphatic heterocycles. The van der Waals surface area contributed by atoms with Crippen molar-refractivity contribution in [2.45, 2.75) is 6.42 Å². The van der Waals surface area contributed by atoms with Crippen molar-refractivity contribution in [2.24, 2.45) is 0 Å². The Bertz CT molecular complexity index is 819. The van der Waals surface area contributed by atoms with Gasteiger partial charge in [0.2, 0.25) is 0 Å². The van der Waals surface area contributed by atoms with Gasteiger partial charge >= 0.3 is 0 Å². The first kappa shape index (κ1) is 16.0. The zero-order valence-electron chi connectivity index (χ0n) is 12.7. The van der Waals surface area contributed by atoms with Gasteiger partial charge in [0, 0.05) is 21.5 Å². The molecule has 0 fully saturated rings. The summed E-state index contributed by atoms with van der Waals surface area (Å²) in [5.41, 5.74) is 1.92. The van der Waals surface area contributed by atoms with Crippen LogP contribution in [0.3, 0.4) is 0 Å². The fourth-order valence-electron chi connectivity index (χ4n) is 2.41. The smallest absolute Gasteiger partial charge is 0.136 e. The number of benzene rings is 2. The predicted octanol–water partition coefficient (Wildman–Crippen LogP) is 4.12. The van der Waals surface area contributed by atoms with Crippen LogP contribution in [-0.2, 0) is 0 Å². The Labute approximate surface area is 142 Å².